The fraction of sp³-hybridized carbons (Fsp3) is 0.667. The lowest BCUT2D eigenvalue weighted by atomic mass is 9.92. The van der Waals surface area contributed by atoms with Crippen molar-refractivity contribution in [2.45, 2.75) is 26.8 Å². The summed E-state index contributed by atoms with van der Waals surface area (Å²) in [7, 11) is 0. The molecule has 0 spiro atoms. The van der Waals surface area contributed by atoms with E-state index < -0.39 is 0 Å². The lowest BCUT2D eigenvalue weighted by Gasteiger charge is -2.13. The molecule has 2 heterocycles. The van der Waals surface area contributed by atoms with Gasteiger partial charge in [-0.2, -0.15) is 5.10 Å². The van der Waals surface area contributed by atoms with Crippen LogP contribution in [-0.2, 0) is 6.54 Å². The van der Waals surface area contributed by atoms with Crippen LogP contribution in [0, 0.1) is 11.8 Å². The molecule has 2 unspecified atom stereocenters. The van der Waals surface area contributed by atoms with Gasteiger partial charge < -0.3 is 5.32 Å². The van der Waals surface area contributed by atoms with Crippen molar-refractivity contribution in [1.29, 1.82) is 0 Å². The van der Waals surface area contributed by atoms with Gasteiger partial charge >= 0.3 is 0 Å². The molecule has 0 saturated carbocycles. The van der Waals surface area contributed by atoms with Gasteiger partial charge in [0.25, 0.3) is 0 Å². The summed E-state index contributed by atoms with van der Waals surface area (Å²) in [4.78, 5) is 12.3. The van der Waals surface area contributed by atoms with E-state index in [1.54, 1.807) is 6.20 Å². The molecule has 1 saturated heterocycles. The summed E-state index contributed by atoms with van der Waals surface area (Å²) in [5, 5.41) is 7.46. The first kappa shape index (κ1) is 11.3. The van der Waals surface area contributed by atoms with E-state index in [9.17, 15) is 4.79 Å². The molecule has 2 rings (SSSR count). The number of Topliss-reactive ketones (excluding diaryl/α,β-unsaturated/α-hetero) is 1. The molecule has 1 aromatic rings. The molecule has 0 aromatic carbocycles. The van der Waals surface area contributed by atoms with E-state index in [-0.39, 0.29) is 11.7 Å². The van der Waals surface area contributed by atoms with Gasteiger partial charge in [0.1, 0.15) is 5.69 Å². The Labute approximate surface area is 96.0 Å². The fourth-order valence-corrected chi connectivity index (χ4v) is 2.28. The summed E-state index contributed by atoms with van der Waals surface area (Å²) in [5.74, 6) is 0.785. The molecule has 1 fully saturated rings. The van der Waals surface area contributed by atoms with Crippen molar-refractivity contribution < 1.29 is 4.79 Å². The number of aromatic nitrogens is 2. The number of aryl methyl sites for hydroxylation is 1. The van der Waals surface area contributed by atoms with Gasteiger partial charge in [-0.05, 0) is 24.9 Å². The van der Waals surface area contributed by atoms with Crippen LogP contribution in [-0.4, -0.2) is 28.7 Å². The number of rotatable bonds is 4. The Morgan fingerprint density at radius 3 is 3.06 bits per heavy atom. The highest BCUT2D eigenvalue weighted by Gasteiger charge is 2.31. The lowest BCUT2D eigenvalue weighted by molar-refractivity contribution is 0.0896. The van der Waals surface area contributed by atoms with E-state index in [1.165, 1.54) is 0 Å². The minimum absolute atomic E-state index is 0.118. The SMILES string of the molecule is CCCn1nccc1C(=O)C1CNCC1C. The van der Waals surface area contributed by atoms with E-state index in [2.05, 4.69) is 24.3 Å². The van der Waals surface area contributed by atoms with E-state index >= 15 is 0 Å². The van der Waals surface area contributed by atoms with Crippen LogP contribution in [0.5, 0.6) is 0 Å². The number of hydrogen-bond acceptors (Lipinski definition) is 3. The topological polar surface area (TPSA) is 46.9 Å². The number of carbonyl (C=O) groups excluding carboxylic acids is 1. The van der Waals surface area contributed by atoms with Crippen LogP contribution < -0.4 is 5.32 Å². The molecule has 1 aliphatic heterocycles. The molecular weight excluding hydrogens is 202 g/mol. The van der Waals surface area contributed by atoms with Gasteiger partial charge in [-0.3, -0.25) is 9.48 Å². The van der Waals surface area contributed by atoms with Crippen LogP contribution in [0.25, 0.3) is 0 Å². The highest BCUT2D eigenvalue weighted by Crippen LogP contribution is 2.20. The maximum atomic E-state index is 12.3. The van der Waals surface area contributed by atoms with Gasteiger partial charge in [-0.15, -0.1) is 0 Å². The van der Waals surface area contributed by atoms with Crippen LogP contribution in [0.2, 0.25) is 0 Å². The normalized spacial score (nSPS) is 24.9. The molecule has 0 aliphatic carbocycles. The zero-order valence-corrected chi connectivity index (χ0v) is 9.94. The van der Waals surface area contributed by atoms with Gasteiger partial charge in [-0.25, -0.2) is 0 Å². The van der Waals surface area contributed by atoms with Crippen LogP contribution in [0.15, 0.2) is 12.3 Å². The van der Waals surface area contributed by atoms with E-state index in [4.69, 9.17) is 0 Å². The quantitative estimate of drug-likeness (QED) is 0.780. The van der Waals surface area contributed by atoms with Crippen molar-refractivity contribution in [2.24, 2.45) is 11.8 Å². The molecule has 0 radical (unpaired) electrons. The number of nitrogens with one attached hydrogen (secondary N) is 1. The van der Waals surface area contributed by atoms with Gasteiger partial charge in [0, 0.05) is 25.2 Å². The predicted octanol–water partition coefficient (Wildman–Crippen LogP) is 1.33. The standard InChI is InChI=1S/C12H19N3O/c1-3-6-15-11(4-5-14-15)12(16)10-8-13-7-9(10)2/h4-5,9-10,13H,3,6-8H2,1-2H3. The largest absolute Gasteiger partial charge is 0.316 e. The average molecular weight is 221 g/mol. The molecule has 1 aliphatic rings. The molecule has 1 aromatic heterocycles. The van der Waals surface area contributed by atoms with Crippen molar-refractivity contribution >= 4 is 5.78 Å². The van der Waals surface area contributed by atoms with Gasteiger partial charge in [0.2, 0.25) is 0 Å². The Morgan fingerprint density at radius 1 is 1.62 bits per heavy atom. The third-order valence-electron chi connectivity index (χ3n) is 3.26. The molecule has 1 N–H and O–H groups in total. The van der Waals surface area contributed by atoms with Crippen LogP contribution in [0.3, 0.4) is 0 Å². The third-order valence-corrected chi connectivity index (χ3v) is 3.26. The fourth-order valence-electron chi connectivity index (χ4n) is 2.28. The minimum Gasteiger partial charge on any atom is -0.316 e. The first-order valence-corrected chi connectivity index (χ1v) is 6.00. The number of ketones is 1. The van der Waals surface area contributed by atoms with E-state index in [0.717, 1.165) is 31.7 Å². The van der Waals surface area contributed by atoms with Crippen molar-refractivity contribution in [1.82, 2.24) is 15.1 Å². The van der Waals surface area contributed by atoms with Gasteiger partial charge in [-0.1, -0.05) is 13.8 Å². The highest BCUT2D eigenvalue weighted by atomic mass is 16.1. The second-order valence-corrected chi connectivity index (χ2v) is 4.55. The summed E-state index contributed by atoms with van der Waals surface area (Å²) in [5.41, 5.74) is 0.766. The summed E-state index contributed by atoms with van der Waals surface area (Å²) in [6.07, 6.45) is 2.72. The van der Waals surface area contributed by atoms with Crippen molar-refractivity contribution in [3.8, 4) is 0 Å². The first-order chi connectivity index (χ1) is 7.74. The molecule has 2 atom stereocenters. The van der Waals surface area contributed by atoms with Gasteiger partial charge in [0.05, 0.1) is 0 Å². The second-order valence-electron chi connectivity index (χ2n) is 4.55. The number of hydrogen-bond donors (Lipinski definition) is 1. The highest BCUT2D eigenvalue weighted by molar-refractivity contribution is 5.96. The van der Waals surface area contributed by atoms with Crippen molar-refractivity contribution in [2.75, 3.05) is 13.1 Å². The lowest BCUT2D eigenvalue weighted by Crippen LogP contribution is -2.24. The van der Waals surface area contributed by atoms with Crippen LogP contribution in [0.1, 0.15) is 30.8 Å². The smallest absolute Gasteiger partial charge is 0.185 e. The van der Waals surface area contributed by atoms with Crippen LogP contribution in [0.4, 0.5) is 0 Å². The van der Waals surface area contributed by atoms with Crippen molar-refractivity contribution in [3.63, 3.8) is 0 Å². The number of nitrogens with zero attached hydrogens (tertiary/aromatic N) is 2. The molecule has 4 nitrogen and oxygen atoms in total. The Kier molecular flexibility index (Phi) is 3.39. The second kappa shape index (κ2) is 4.78. The molecule has 4 heteroatoms. The average Bonchev–Trinajstić information content (AvgIpc) is 2.87. The maximum absolute atomic E-state index is 12.3. The summed E-state index contributed by atoms with van der Waals surface area (Å²) < 4.78 is 1.83. The maximum Gasteiger partial charge on any atom is 0.185 e. The van der Waals surface area contributed by atoms with E-state index in [0.29, 0.717) is 5.92 Å². The zero-order valence-electron chi connectivity index (χ0n) is 9.94. The number of carbonyl (C=O) groups is 1. The Bertz CT molecular complexity index is 372. The molecule has 88 valence electrons. The van der Waals surface area contributed by atoms with Crippen molar-refractivity contribution in [3.05, 3.63) is 18.0 Å². The summed E-state index contributed by atoms with van der Waals surface area (Å²) in [6, 6.07) is 1.84. The zero-order chi connectivity index (χ0) is 11.5. The minimum atomic E-state index is 0.118. The third kappa shape index (κ3) is 2.02. The first-order valence-electron chi connectivity index (χ1n) is 6.00. The molecule has 0 bridgehead atoms. The molecular formula is C12H19N3O. The monoisotopic (exact) mass is 221 g/mol. The summed E-state index contributed by atoms with van der Waals surface area (Å²) in [6.45, 7) is 6.79. The van der Waals surface area contributed by atoms with E-state index in [1.807, 2.05) is 10.7 Å². The van der Waals surface area contributed by atoms with Gasteiger partial charge in [0.15, 0.2) is 5.78 Å². The summed E-state index contributed by atoms with van der Waals surface area (Å²) >= 11 is 0. The molecule has 0 amide bonds. The predicted molar refractivity (Wildman–Crippen MR) is 62.4 cm³/mol. The molecule has 16 heavy (non-hydrogen) atoms. The Morgan fingerprint density at radius 2 is 2.44 bits per heavy atom. The Hall–Kier alpha value is -1.16. The Balaban J connectivity index is 2.16. The van der Waals surface area contributed by atoms with Crippen LogP contribution >= 0.6 is 0 Å².